The largest absolute Gasteiger partial charge is 0.385 e. The van der Waals surface area contributed by atoms with Gasteiger partial charge in [0.15, 0.2) is 0 Å². The maximum atomic E-state index is 5.93. The molecule has 0 radical (unpaired) electrons. The summed E-state index contributed by atoms with van der Waals surface area (Å²) in [6.07, 6.45) is 2.02. The molecule has 1 atom stereocenters. The Bertz CT molecular complexity index is 288. The third-order valence-electron chi connectivity index (χ3n) is 2.60. The first-order chi connectivity index (χ1) is 7.77. The van der Waals surface area contributed by atoms with Crippen molar-refractivity contribution in [1.82, 2.24) is 5.32 Å². The van der Waals surface area contributed by atoms with E-state index in [9.17, 15) is 0 Å². The topological polar surface area (TPSA) is 47.3 Å². The summed E-state index contributed by atoms with van der Waals surface area (Å²) in [5.41, 5.74) is 7.38. The molecule has 1 aromatic rings. The lowest BCUT2D eigenvalue weighted by molar-refractivity contribution is 0.187. The second-order valence-electron chi connectivity index (χ2n) is 3.90. The second kappa shape index (κ2) is 7.79. The summed E-state index contributed by atoms with van der Waals surface area (Å²) in [5, 5.41) is 5.55. The van der Waals surface area contributed by atoms with E-state index < -0.39 is 0 Å². The Morgan fingerprint density at radius 1 is 1.56 bits per heavy atom. The lowest BCUT2D eigenvalue weighted by atomic mass is 10.2. The Balaban J connectivity index is 2.20. The molecule has 0 aromatic carbocycles. The van der Waals surface area contributed by atoms with Crippen LogP contribution < -0.4 is 11.1 Å². The monoisotopic (exact) mass is 242 g/mol. The van der Waals surface area contributed by atoms with Crippen LogP contribution in [0.2, 0.25) is 0 Å². The molecular weight excluding hydrogens is 220 g/mol. The fraction of sp³-hybridized carbons (Fsp3) is 0.667. The third-order valence-corrected chi connectivity index (χ3v) is 3.57. The molecular formula is C12H22N2OS. The smallest absolute Gasteiger partial charge is 0.0477 e. The highest BCUT2D eigenvalue weighted by atomic mass is 32.1. The Labute approximate surface area is 102 Å². The molecule has 0 saturated heterocycles. The van der Waals surface area contributed by atoms with E-state index in [-0.39, 0.29) is 6.04 Å². The van der Waals surface area contributed by atoms with E-state index in [0.29, 0.717) is 0 Å². The van der Waals surface area contributed by atoms with Gasteiger partial charge in [-0.3, -0.25) is 0 Å². The summed E-state index contributed by atoms with van der Waals surface area (Å²) in [5.74, 6) is 0. The van der Waals surface area contributed by atoms with E-state index in [1.807, 2.05) is 11.3 Å². The molecule has 1 aromatic heterocycles. The van der Waals surface area contributed by atoms with Crippen LogP contribution in [0.5, 0.6) is 0 Å². The summed E-state index contributed by atoms with van der Waals surface area (Å²) in [6, 6.07) is 2.39. The number of hydrogen-bond acceptors (Lipinski definition) is 4. The Morgan fingerprint density at radius 3 is 3.06 bits per heavy atom. The van der Waals surface area contributed by atoms with Gasteiger partial charge in [-0.15, -0.1) is 11.3 Å². The molecule has 1 heterocycles. The molecule has 0 bridgehead atoms. The number of ether oxygens (including phenoxy) is 1. The number of hydrogen-bond donors (Lipinski definition) is 2. The van der Waals surface area contributed by atoms with Gasteiger partial charge in [0.05, 0.1) is 0 Å². The Morgan fingerprint density at radius 2 is 2.38 bits per heavy atom. The number of aryl methyl sites for hydroxylation is 1. The first-order valence-corrected chi connectivity index (χ1v) is 6.66. The molecule has 3 nitrogen and oxygen atoms in total. The highest BCUT2D eigenvalue weighted by Gasteiger charge is 2.04. The Kier molecular flexibility index (Phi) is 6.64. The van der Waals surface area contributed by atoms with Crippen LogP contribution in [0.3, 0.4) is 0 Å². The second-order valence-corrected chi connectivity index (χ2v) is 4.90. The van der Waals surface area contributed by atoms with Crippen molar-refractivity contribution < 1.29 is 4.74 Å². The van der Waals surface area contributed by atoms with E-state index in [4.69, 9.17) is 10.5 Å². The summed E-state index contributed by atoms with van der Waals surface area (Å²) in [4.78, 5) is 1.43. The van der Waals surface area contributed by atoms with Gasteiger partial charge in [0, 0.05) is 37.7 Å². The number of nitrogens with two attached hydrogens (primary N) is 1. The molecule has 1 rings (SSSR count). The molecule has 0 saturated carbocycles. The van der Waals surface area contributed by atoms with Crippen molar-refractivity contribution in [1.29, 1.82) is 0 Å². The van der Waals surface area contributed by atoms with E-state index in [0.717, 1.165) is 32.5 Å². The van der Waals surface area contributed by atoms with Crippen molar-refractivity contribution in [2.45, 2.75) is 32.4 Å². The molecule has 92 valence electrons. The van der Waals surface area contributed by atoms with Crippen LogP contribution in [0, 0.1) is 0 Å². The molecule has 0 aliphatic rings. The van der Waals surface area contributed by atoms with Crippen LogP contribution in [0.25, 0.3) is 0 Å². The minimum absolute atomic E-state index is 0.185. The van der Waals surface area contributed by atoms with Gasteiger partial charge in [-0.25, -0.2) is 0 Å². The van der Waals surface area contributed by atoms with E-state index in [2.05, 4.69) is 23.7 Å². The van der Waals surface area contributed by atoms with Gasteiger partial charge in [-0.1, -0.05) is 6.92 Å². The van der Waals surface area contributed by atoms with Gasteiger partial charge in [0.1, 0.15) is 0 Å². The molecule has 3 N–H and O–H groups in total. The van der Waals surface area contributed by atoms with Crippen molar-refractivity contribution in [3.05, 3.63) is 21.9 Å². The molecule has 0 amide bonds. The number of rotatable bonds is 8. The van der Waals surface area contributed by atoms with Crippen LogP contribution in [0.15, 0.2) is 11.4 Å². The van der Waals surface area contributed by atoms with Gasteiger partial charge in [0.2, 0.25) is 0 Å². The lowest BCUT2D eigenvalue weighted by Crippen LogP contribution is -2.34. The predicted octanol–water partition coefficient (Wildman–Crippen LogP) is 1.76. The fourth-order valence-electron chi connectivity index (χ4n) is 1.58. The minimum Gasteiger partial charge on any atom is -0.385 e. The predicted molar refractivity (Wildman–Crippen MR) is 69.9 cm³/mol. The molecule has 1 unspecified atom stereocenters. The maximum absolute atomic E-state index is 5.93. The van der Waals surface area contributed by atoms with Gasteiger partial charge in [0.25, 0.3) is 0 Å². The Hall–Kier alpha value is -0.420. The molecule has 0 aliphatic heterocycles. The van der Waals surface area contributed by atoms with Crippen LogP contribution >= 0.6 is 11.3 Å². The van der Waals surface area contributed by atoms with E-state index >= 15 is 0 Å². The van der Waals surface area contributed by atoms with Gasteiger partial charge in [-0.05, 0) is 29.9 Å². The van der Waals surface area contributed by atoms with Crippen molar-refractivity contribution >= 4 is 11.3 Å². The zero-order valence-corrected chi connectivity index (χ0v) is 11.0. The zero-order valence-electron chi connectivity index (χ0n) is 10.2. The van der Waals surface area contributed by atoms with Gasteiger partial charge in [-0.2, -0.15) is 0 Å². The van der Waals surface area contributed by atoms with Crippen LogP contribution in [0.4, 0.5) is 0 Å². The summed E-state index contributed by atoms with van der Waals surface area (Å²) in [7, 11) is 1.71. The fourth-order valence-corrected chi connectivity index (χ4v) is 2.53. The normalized spacial score (nSPS) is 12.9. The zero-order chi connectivity index (χ0) is 11.8. The van der Waals surface area contributed by atoms with Gasteiger partial charge >= 0.3 is 0 Å². The number of methoxy groups -OCH3 is 1. The first kappa shape index (κ1) is 13.6. The van der Waals surface area contributed by atoms with Crippen molar-refractivity contribution in [2.24, 2.45) is 5.73 Å². The average Bonchev–Trinajstić information content (AvgIpc) is 2.74. The van der Waals surface area contributed by atoms with Gasteiger partial charge < -0.3 is 15.8 Å². The molecule has 16 heavy (non-hydrogen) atoms. The van der Waals surface area contributed by atoms with Crippen molar-refractivity contribution in [3.63, 3.8) is 0 Å². The standard InChI is InChI=1S/C12H22N2OS/c1-3-10-5-7-16-12(10)9-14-8-11(13)4-6-15-2/h5,7,11,14H,3-4,6,8-9,13H2,1-2H3. The highest BCUT2D eigenvalue weighted by molar-refractivity contribution is 7.10. The van der Waals surface area contributed by atoms with Crippen LogP contribution in [-0.4, -0.2) is 26.3 Å². The summed E-state index contributed by atoms with van der Waals surface area (Å²) in [6.45, 7) is 4.71. The number of nitrogens with one attached hydrogen (secondary N) is 1. The SMILES string of the molecule is CCc1ccsc1CNCC(N)CCOC. The van der Waals surface area contributed by atoms with Crippen LogP contribution in [-0.2, 0) is 17.7 Å². The van der Waals surface area contributed by atoms with Crippen LogP contribution in [0.1, 0.15) is 23.8 Å². The molecule has 0 fully saturated rings. The summed E-state index contributed by atoms with van der Waals surface area (Å²) >= 11 is 1.82. The quantitative estimate of drug-likeness (QED) is 0.730. The van der Waals surface area contributed by atoms with E-state index in [1.165, 1.54) is 10.4 Å². The van der Waals surface area contributed by atoms with Crippen molar-refractivity contribution in [3.8, 4) is 0 Å². The minimum atomic E-state index is 0.185. The summed E-state index contributed by atoms with van der Waals surface area (Å²) < 4.78 is 5.00. The average molecular weight is 242 g/mol. The lowest BCUT2D eigenvalue weighted by Gasteiger charge is -2.12. The third kappa shape index (κ3) is 4.61. The molecule has 4 heteroatoms. The highest BCUT2D eigenvalue weighted by Crippen LogP contribution is 2.16. The van der Waals surface area contributed by atoms with Crippen molar-refractivity contribution in [2.75, 3.05) is 20.3 Å². The molecule has 0 spiro atoms. The first-order valence-electron chi connectivity index (χ1n) is 5.78. The van der Waals surface area contributed by atoms with E-state index in [1.54, 1.807) is 7.11 Å². The molecule has 0 aliphatic carbocycles. The number of thiophene rings is 1. The maximum Gasteiger partial charge on any atom is 0.0477 e.